The second-order valence-corrected chi connectivity index (χ2v) is 3.74. The predicted octanol–water partition coefficient (Wildman–Crippen LogP) is 0.331. The van der Waals surface area contributed by atoms with Gasteiger partial charge in [-0.15, -0.1) is 0 Å². The molecular weight excluding hydrogens is 232 g/mol. The molecule has 0 aliphatic rings. The number of hydrogen-bond donors (Lipinski definition) is 2. The van der Waals surface area contributed by atoms with Crippen molar-refractivity contribution in [3.63, 3.8) is 0 Å². The molecule has 1 aromatic carbocycles. The lowest BCUT2D eigenvalue weighted by atomic mass is 10.2. The highest BCUT2D eigenvalue weighted by molar-refractivity contribution is 6.39. The number of rotatable bonds is 3. The highest BCUT2D eigenvalue weighted by atomic mass is 16.2. The van der Waals surface area contributed by atoms with Crippen LogP contribution in [0.25, 0.3) is 0 Å². The molecule has 2 amide bonds. The van der Waals surface area contributed by atoms with Crippen LogP contribution in [0.3, 0.4) is 0 Å². The number of hydrogen-bond acceptors (Lipinski definition) is 4. The summed E-state index contributed by atoms with van der Waals surface area (Å²) in [5.74, 6) is -1.61. The summed E-state index contributed by atoms with van der Waals surface area (Å²) >= 11 is 0. The molecule has 0 aromatic heterocycles. The van der Waals surface area contributed by atoms with Gasteiger partial charge in [0, 0.05) is 25.5 Å². The maximum absolute atomic E-state index is 11.4. The molecule has 94 valence electrons. The fourth-order valence-corrected chi connectivity index (χ4v) is 1.23. The normalized spacial score (nSPS) is 9.17. The van der Waals surface area contributed by atoms with E-state index in [2.05, 4.69) is 10.6 Å². The minimum absolute atomic E-state index is 0.189. The minimum Gasteiger partial charge on any atom is -0.378 e. The smallest absolute Gasteiger partial charge is 0.313 e. The lowest BCUT2D eigenvalue weighted by Gasteiger charge is -2.12. The first kappa shape index (κ1) is 13.5. The van der Waals surface area contributed by atoms with Crippen molar-refractivity contribution in [3.8, 4) is 6.07 Å². The van der Waals surface area contributed by atoms with Crippen molar-refractivity contribution in [2.45, 2.75) is 0 Å². The largest absolute Gasteiger partial charge is 0.378 e. The van der Waals surface area contributed by atoms with Crippen LogP contribution >= 0.6 is 0 Å². The van der Waals surface area contributed by atoms with Crippen molar-refractivity contribution in [1.82, 2.24) is 5.32 Å². The summed E-state index contributed by atoms with van der Waals surface area (Å²) in [6, 6.07) is 8.76. The van der Waals surface area contributed by atoms with Gasteiger partial charge in [0.25, 0.3) is 0 Å². The van der Waals surface area contributed by atoms with E-state index in [0.29, 0.717) is 5.69 Å². The van der Waals surface area contributed by atoms with Gasteiger partial charge in [-0.05, 0) is 24.3 Å². The molecule has 0 spiro atoms. The van der Waals surface area contributed by atoms with Crippen LogP contribution in [0, 0.1) is 11.3 Å². The van der Waals surface area contributed by atoms with E-state index >= 15 is 0 Å². The van der Waals surface area contributed by atoms with Crippen LogP contribution in [0.5, 0.6) is 0 Å². The van der Waals surface area contributed by atoms with Crippen LogP contribution in [-0.4, -0.2) is 32.5 Å². The zero-order valence-corrected chi connectivity index (χ0v) is 10.2. The molecule has 0 saturated heterocycles. The number of carbonyl (C=O) groups is 2. The Kier molecular flexibility index (Phi) is 4.69. The molecule has 1 aromatic rings. The third-order valence-electron chi connectivity index (χ3n) is 2.18. The van der Waals surface area contributed by atoms with Crippen LogP contribution < -0.4 is 15.5 Å². The summed E-state index contributed by atoms with van der Waals surface area (Å²) in [6.45, 7) is -0.189. The molecule has 1 rings (SSSR count). The maximum atomic E-state index is 11.4. The first-order chi connectivity index (χ1) is 8.54. The first-order valence-corrected chi connectivity index (χ1v) is 5.28. The second kappa shape index (κ2) is 6.25. The molecule has 6 nitrogen and oxygen atoms in total. The number of nitriles is 1. The van der Waals surface area contributed by atoms with Crippen molar-refractivity contribution in [1.29, 1.82) is 5.26 Å². The predicted molar refractivity (Wildman–Crippen MR) is 68.0 cm³/mol. The molecule has 2 N–H and O–H groups in total. The number of benzene rings is 1. The Hall–Kier alpha value is -2.55. The summed E-state index contributed by atoms with van der Waals surface area (Å²) < 4.78 is 0. The lowest BCUT2D eigenvalue weighted by Crippen LogP contribution is -2.35. The Balaban J connectivity index is 2.60. The van der Waals surface area contributed by atoms with Crippen LogP contribution in [-0.2, 0) is 9.59 Å². The quantitative estimate of drug-likeness (QED) is 0.594. The van der Waals surface area contributed by atoms with Gasteiger partial charge in [-0.2, -0.15) is 5.26 Å². The number of nitrogens with one attached hydrogen (secondary N) is 2. The molecule has 0 bridgehead atoms. The van der Waals surface area contributed by atoms with Gasteiger partial charge in [0.15, 0.2) is 0 Å². The Morgan fingerprint density at radius 2 is 1.83 bits per heavy atom. The van der Waals surface area contributed by atoms with Gasteiger partial charge in [0.1, 0.15) is 6.54 Å². The summed E-state index contributed by atoms with van der Waals surface area (Å²) in [4.78, 5) is 24.5. The maximum Gasteiger partial charge on any atom is 0.313 e. The number of nitrogens with zero attached hydrogens (tertiary/aromatic N) is 2. The van der Waals surface area contributed by atoms with Crippen molar-refractivity contribution in [2.75, 3.05) is 30.9 Å². The topological polar surface area (TPSA) is 85.2 Å². The fraction of sp³-hybridized carbons (Fsp3) is 0.250. The van der Waals surface area contributed by atoms with E-state index in [1.807, 2.05) is 31.1 Å². The Morgan fingerprint density at radius 3 is 2.33 bits per heavy atom. The highest BCUT2D eigenvalue weighted by Gasteiger charge is 2.12. The molecule has 0 unspecified atom stereocenters. The number of amides is 2. The fourth-order valence-electron chi connectivity index (χ4n) is 1.23. The second-order valence-electron chi connectivity index (χ2n) is 3.74. The standard InChI is InChI=1S/C12H14N4O2/c1-16(2)10-5-3-9(4-6-10)15-12(18)11(17)14-8-7-13/h3-6H,8H2,1-2H3,(H,14,17)(H,15,18). The van der Waals surface area contributed by atoms with Crippen LogP contribution in [0.2, 0.25) is 0 Å². The Morgan fingerprint density at radius 1 is 1.22 bits per heavy atom. The van der Waals surface area contributed by atoms with E-state index in [1.165, 1.54) is 0 Å². The Bertz CT molecular complexity index is 474. The Labute approximate surface area is 105 Å². The zero-order valence-electron chi connectivity index (χ0n) is 10.2. The molecule has 0 aliphatic carbocycles. The number of anilines is 2. The van der Waals surface area contributed by atoms with Gasteiger partial charge in [-0.1, -0.05) is 0 Å². The lowest BCUT2D eigenvalue weighted by molar-refractivity contribution is -0.136. The first-order valence-electron chi connectivity index (χ1n) is 5.28. The summed E-state index contributed by atoms with van der Waals surface area (Å²) in [6.07, 6.45) is 0. The van der Waals surface area contributed by atoms with Gasteiger partial charge in [0.05, 0.1) is 6.07 Å². The minimum atomic E-state index is -0.826. The van der Waals surface area contributed by atoms with Gasteiger partial charge in [-0.25, -0.2) is 0 Å². The molecule has 18 heavy (non-hydrogen) atoms. The molecule has 0 saturated carbocycles. The van der Waals surface area contributed by atoms with E-state index < -0.39 is 11.8 Å². The molecule has 0 heterocycles. The SMILES string of the molecule is CN(C)c1ccc(NC(=O)C(=O)NCC#N)cc1. The summed E-state index contributed by atoms with van der Waals surface area (Å²) in [5.41, 5.74) is 1.51. The van der Waals surface area contributed by atoms with Gasteiger partial charge >= 0.3 is 11.8 Å². The average Bonchev–Trinajstić information content (AvgIpc) is 2.36. The van der Waals surface area contributed by atoms with Crippen molar-refractivity contribution < 1.29 is 9.59 Å². The summed E-state index contributed by atoms with van der Waals surface area (Å²) in [5, 5.41) is 12.9. The van der Waals surface area contributed by atoms with E-state index in [9.17, 15) is 9.59 Å². The molecule has 0 fully saturated rings. The average molecular weight is 246 g/mol. The van der Waals surface area contributed by atoms with E-state index in [4.69, 9.17) is 5.26 Å². The number of carbonyl (C=O) groups excluding carboxylic acids is 2. The molecule has 0 atom stereocenters. The van der Waals surface area contributed by atoms with Crippen molar-refractivity contribution in [3.05, 3.63) is 24.3 Å². The molecular formula is C12H14N4O2. The zero-order chi connectivity index (χ0) is 13.5. The van der Waals surface area contributed by atoms with Gasteiger partial charge in [0.2, 0.25) is 0 Å². The van der Waals surface area contributed by atoms with Crippen molar-refractivity contribution in [2.24, 2.45) is 0 Å². The molecule has 0 radical (unpaired) electrons. The van der Waals surface area contributed by atoms with Gasteiger partial charge in [-0.3, -0.25) is 9.59 Å². The van der Waals surface area contributed by atoms with Crippen LogP contribution in [0.1, 0.15) is 0 Å². The molecule has 0 aliphatic heterocycles. The van der Waals surface area contributed by atoms with Crippen LogP contribution in [0.4, 0.5) is 11.4 Å². The third-order valence-corrected chi connectivity index (χ3v) is 2.18. The monoisotopic (exact) mass is 246 g/mol. The van der Waals surface area contributed by atoms with Crippen molar-refractivity contribution >= 4 is 23.2 Å². The van der Waals surface area contributed by atoms with Crippen LogP contribution in [0.15, 0.2) is 24.3 Å². The van der Waals surface area contributed by atoms with Gasteiger partial charge < -0.3 is 15.5 Å². The van der Waals surface area contributed by atoms with E-state index in [-0.39, 0.29) is 6.54 Å². The highest BCUT2D eigenvalue weighted by Crippen LogP contribution is 2.15. The van der Waals surface area contributed by atoms with E-state index in [0.717, 1.165) is 5.69 Å². The summed E-state index contributed by atoms with van der Waals surface area (Å²) in [7, 11) is 3.81. The van der Waals surface area contributed by atoms with E-state index in [1.54, 1.807) is 18.2 Å². The third kappa shape index (κ3) is 3.79. The molecule has 6 heteroatoms.